The van der Waals surface area contributed by atoms with Gasteiger partial charge in [-0.2, -0.15) is 0 Å². The average molecular weight is 272 g/mol. The van der Waals surface area contributed by atoms with E-state index in [2.05, 4.69) is 29.1 Å². The molecule has 0 amide bonds. The minimum Gasteiger partial charge on any atom is -0.490 e. The summed E-state index contributed by atoms with van der Waals surface area (Å²) in [7, 11) is 0. The van der Waals surface area contributed by atoms with Crippen molar-refractivity contribution in [3.05, 3.63) is 24.0 Å². The minimum absolute atomic E-state index is 0.485. The van der Waals surface area contributed by atoms with Gasteiger partial charge in [0.2, 0.25) is 0 Å². The van der Waals surface area contributed by atoms with Gasteiger partial charge in [0.1, 0.15) is 12.4 Å². The van der Waals surface area contributed by atoms with E-state index in [9.17, 15) is 0 Å². The van der Waals surface area contributed by atoms with Crippen LogP contribution in [0.1, 0.15) is 51.0 Å². The molecular formula is C17H24N2O. The Balaban J connectivity index is 1.80. The predicted molar refractivity (Wildman–Crippen MR) is 81.8 cm³/mol. The maximum Gasteiger partial charge on any atom is 0.138 e. The van der Waals surface area contributed by atoms with E-state index >= 15 is 0 Å². The van der Waals surface area contributed by atoms with Crippen molar-refractivity contribution in [2.45, 2.75) is 51.5 Å². The number of aromatic nitrogens is 1. The van der Waals surface area contributed by atoms with Crippen LogP contribution in [0.4, 0.5) is 0 Å². The summed E-state index contributed by atoms with van der Waals surface area (Å²) in [6.07, 6.45) is 10.6. The largest absolute Gasteiger partial charge is 0.490 e. The Hall–Kier alpha value is -1.53. The molecule has 3 nitrogen and oxygen atoms in total. The molecular weight excluding hydrogens is 248 g/mol. The molecule has 108 valence electrons. The van der Waals surface area contributed by atoms with Crippen LogP contribution >= 0.6 is 0 Å². The van der Waals surface area contributed by atoms with Gasteiger partial charge in [-0.25, -0.2) is 0 Å². The second-order valence-corrected chi connectivity index (χ2v) is 5.27. The molecule has 1 saturated heterocycles. The summed E-state index contributed by atoms with van der Waals surface area (Å²) in [6, 6.07) is 2.47. The molecule has 0 spiro atoms. The molecule has 0 aromatic carbocycles. The molecule has 0 saturated carbocycles. The highest BCUT2D eigenvalue weighted by Crippen LogP contribution is 2.13. The van der Waals surface area contributed by atoms with Gasteiger partial charge in [0.25, 0.3) is 0 Å². The molecule has 0 radical (unpaired) electrons. The third-order valence-corrected chi connectivity index (χ3v) is 3.46. The Labute approximate surface area is 122 Å². The number of nitrogens with zero attached hydrogens (tertiary/aromatic N) is 1. The van der Waals surface area contributed by atoms with Gasteiger partial charge in [0, 0.05) is 24.2 Å². The summed E-state index contributed by atoms with van der Waals surface area (Å²) in [4.78, 5) is 4.20. The average Bonchev–Trinajstić information content (AvgIpc) is 2.99. The highest BCUT2D eigenvalue weighted by Gasteiger charge is 2.14. The molecule has 1 aromatic rings. The molecule has 20 heavy (non-hydrogen) atoms. The van der Waals surface area contributed by atoms with E-state index in [0.29, 0.717) is 6.04 Å². The van der Waals surface area contributed by atoms with Crippen LogP contribution < -0.4 is 10.1 Å². The van der Waals surface area contributed by atoms with Gasteiger partial charge in [-0.1, -0.05) is 31.6 Å². The van der Waals surface area contributed by atoms with E-state index in [1.807, 2.05) is 6.07 Å². The van der Waals surface area contributed by atoms with Gasteiger partial charge in [-0.05, 0) is 31.9 Å². The second-order valence-electron chi connectivity index (χ2n) is 5.27. The Bertz CT molecular complexity index is 456. The molecule has 0 bridgehead atoms. The zero-order valence-electron chi connectivity index (χ0n) is 12.3. The van der Waals surface area contributed by atoms with Crippen molar-refractivity contribution in [2.75, 3.05) is 13.2 Å². The second kappa shape index (κ2) is 8.60. The summed E-state index contributed by atoms with van der Waals surface area (Å²) in [5.41, 5.74) is 0.943. The molecule has 1 N–H and O–H groups in total. The van der Waals surface area contributed by atoms with Gasteiger partial charge in [-0.3, -0.25) is 4.98 Å². The van der Waals surface area contributed by atoms with Gasteiger partial charge in [-0.15, -0.1) is 0 Å². The first-order valence-corrected chi connectivity index (χ1v) is 7.68. The van der Waals surface area contributed by atoms with E-state index in [0.717, 1.165) is 30.9 Å². The Kier molecular flexibility index (Phi) is 6.40. The number of rotatable bonds is 6. The molecule has 1 unspecified atom stereocenters. The molecule has 1 aliphatic rings. The van der Waals surface area contributed by atoms with E-state index < -0.39 is 0 Å². The Morgan fingerprint density at radius 1 is 1.40 bits per heavy atom. The van der Waals surface area contributed by atoms with E-state index in [1.54, 1.807) is 12.4 Å². The zero-order valence-corrected chi connectivity index (χ0v) is 12.3. The number of ether oxygens (including phenoxy) is 1. The maximum atomic E-state index is 5.78. The minimum atomic E-state index is 0.485. The fraction of sp³-hybridized carbons (Fsp3) is 0.588. The number of nitrogens with one attached hydrogen (secondary N) is 1. The third-order valence-electron chi connectivity index (χ3n) is 3.46. The molecule has 1 aromatic heterocycles. The lowest BCUT2D eigenvalue weighted by atomic mass is 10.2. The van der Waals surface area contributed by atoms with Crippen molar-refractivity contribution in [1.29, 1.82) is 0 Å². The molecule has 0 aliphatic carbocycles. The Morgan fingerprint density at radius 3 is 3.15 bits per heavy atom. The van der Waals surface area contributed by atoms with Crippen molar-refractivity contribution >= 4 is 0 Å². The molecule has 1 aliphatic heterocycles. The molecule has 2 rings (SSSR count). The molecule has 1 fully saturated rings. The van der Waals surface area contributed by atoms with Gasteiger partial charge >= 0.3 is 0 Å². The molecule has 1 atom stereocenters. The maximum absolute atomic E-state index is 5.78. The van der Waals surface area contributed by atoms with E-state index in [1.165, 1.54) is 32.1 Å². The standard InChI is InChI=1S/C17H24N2O/c1-2-3-4-5-6-8-15-11-17(13-18-12-15)20-14-16-9-7-10-19-16/h11-13,16,19H,2-5,7,9-10,14H2,1H3. The van der Waals surface area contributed by atoms with Crippen molar-refractivity contribution in [3.8, 4) is 17.6 Å². The smallest absolute Gasteiger partial charge is 0.138 e. The molecule has 2 heterocycles. The van der Waals surface area contributed by atoms with Crippen LogP contribution in [-0.4, -0.2) is 24.2 Å². The van der Waals surface area contributed by atoms with Crippen LogP contribution in [0.25, 0.3) is 0 Å². The van der Waals surface area contributed by atoms with Gasteiger partial charge in [0.15, 0.2) is 0 Å². The highest BCUT2D eigenvalue weighted by atomic mass is 16.5. The van der Waals surface area contributed by atoms with Crippen LogP contribution in [0, 0.1) is 11.8 Å². The van der Waals surface area contributed by atoms with Crippen molar-refractivity contribution < 1.29 is 4.74 Å². The summed E-state index contributed by atoms with van der Waals surface area (Å²) < 4.78 is 5.78. The predicted octanol–water partition coefficient (Wildman–Crippen LogP) is 3.14. The lowest BCUT2D eigenvalue weighted by molar-refractivity contribution is 0.276. The summed E-state index contributed by atoms with van der Waals surface area (Å²) in [6.45, 7) is 4.03. The SMILES string of the molecule is CCCCCC#Cc1cncc(OCC2CCCN2)c1. The third kappa shape index (κ3) is 5.22. The first kappa shape index (κ1) is 14.9. The van der Waals surface area contributed by atoms with Crippen molar-refractivity contribution in [1.82, 2.24) is 10.3 Å². The topological polar surface area (TPSA) is 34.1 Å². The lowest BCUT2D eigenvalue weighted by Gasteiger charge is -2.11. The first-order valence-electron chi connectivity index (χ1n) is 7.68. The fourth-order valence-electron chi connectivity index (χ4n) is 2.29. The molecule has 3 heteroatoms. The Morgan fingerprint density at radius 2 is 2.35 bits per heavy atom. The summed E-state index contributed by atoms with van der Waals surface area (Å²) in [5, 5.41) is 3.42. The fourth-order valence-corrected chi connectivity index (χ4v) is 2.29. The van der Waals surface area contributed by atoms with Crippen LogP contribution in [0.2, 0.25) is 0 Å². The zero-order chi connectivity index (χ0) is 14.0. The summed E-state index contributed by atoms with van der Waals surface area (Å²) >= 11 is 0. The monoisotopic (exact) mass is 272 g/mol. The van der Waals surface area contributed by atoms with Gasteiger partial charge in [0.05, 0.1) is 6.20 Å². The number of hydrogen-bond donors (Lipinski definition) is 1. The lowest BCUT2D eigenvalue weighted by Crippen LogP contribution is -2.28. The van der Waals surface area contributed by atoms with Crippen LogP contribution in [0.3, 0.4) is 0 Å². The normalized spacial score (nSPS) is 17.6. The van der Waals surface area contributed by atoms with Gasteiger partial charge < -0.3 is 10.1 Å². The van der Waals surface area contributed by atoms with Crippen molar-refractivity contribution in [2.24, 2.45) is 0 Å². The van der Waals surface area contributed by atoms with E-state index in [-0.39, 0.29) is 0 Å². The number of unbranched alkanes of at least 4 members (excludes halogenated alkanes) is 3. The number of pyridine rings is 1. The first-order chi connectivity index (χ1) is 9.88. The van der Waals surface area contributed by atoms with Crippen LogP contribution in [0.15, 0.2) is 18.5 Å². The van der Waals surface area contributed by atoms with E-state index in [4.69, 9.17) is 4.74 Å². The van der Waals surface area contributed by atoms with Crippen molar-refractivity contribution in [3.63, 3.8) is 0 Å². The highest BCUT2D eigenvalue weighted by molar-refractivity contribution is 5.36. The summed E-state index contributed by atoms with van der Waals surface area (Å²) in [5.74, 6) is 7.19. The number of hydrogen-bond acceptors (Lipinski definition) is 3. The quantitative estimate of drug-likeness (QED) is 0.638. The van der Waals surface area contributed by atoms with Crippen LogP contribution in [0.5, 0.6) is 5.75 Å². The van der Waals surface area contributed by atoms with Crippen LogP contribution in [-0.2, 0) is 0 Å².